The van der Waals surface area contributed by atoms with Crippen LogP contribution in [-0.2, 0) is 15.7 Å². The van der Waals surface area contributed by atoms with Crippen LogP contribution in [0.4, 0.5) is 0 Å². The molecule has 1 unspecified atom stereocenters. The summed E-state index contributed by atoms with van der Waals surface area (Å²) in [6.45, 7) is 2.92. The lowest BCUT2D eigenvalue weighted by Gasteiger charge is -2.40. The normalized spacial score (nSPS) is 23.6. The van der Waals surface area contributed by atoms with Crippen molar-refractivity contribution in [2.75, 3.05) is 6.61 Å². The van der Waals surface area contributed by atoms with E-state index in [0.29, 0.717) is 5.82 Å². The third kappa shape index (κ3) is 2.80. The van der Waals surface area contributed by atoms with E-state index in [2.05, 4.69) is 54.7 Å². The molecule has 2 nitrogen and oxygen atoms in total. The van der Waals surface area contributed by atoms with Gasteiger partial charge in [0.1, 0.15) is 23.5 Å². The Morgan fingerprint density at radius 2 is 2.00 bits per heavy atom. The Hall–Kier alpha value is -0.600. The van der Waals surface area contributed by atoms with Crippen molar-refractivity contribution in [1.82, 2.24) is 0 Å². The van der Waals surface area contributed by atoms with Gasteiger partial charge in [-0.1, -0.05) is 31.2 Å². The van der Waals surface area contributed by atoms with Gasteiger partial charge in [0.15, 0.2) is 0 Å². The van der Waals surface area contributed by atoms with Crippen molar-refractivity contribution in [2.24, 2.45) is 0 Å². The number of rotatable bonds is 2. The van der Waals surface area contributed by atoms with Crippen molar-refractivity contribution in [1.29, 1.82) is 0 Å². The summed E-state index contributed by atoms with van der Waals surface area (Å²) < 4.78 is 11.8. The van der Waals surface area contributed by atoms with Gasteiger partial charge in [-0.2, -0.15) is 0 Å². The van der Waals surface area contributed by atoms with Gasteiger partial charge in [0.25, 0.3) is 0 Å². The molecule has 0 saturated carbocycles. The first-order valence-electron chi connectivity index (χ1n) is 6.41. The standard InChI is InChI=1S/C11H18B4O2/c1-2-8-3-5-9(6-4-8)15-16-7-10(12)11(13,14)17-15/h3-6,10H,2,7,12-14H2,1H3. The van der Waals surface area contributed by atoms with Crippen molar-refractivity contribution in [2.45, 2.75) is 24.6 Å². The van der Waals surface area contributed by atoms with Gasteiger partial charge >= 0.3 is 7.12 Å². The van der Waals surface area contributed by atoms with Crippen LogP contribution >= 0.6 is 0 Å². The molecular weight excluding hydrogens is 207 g/mol. The molecular formula is C11H18B4O2. The van der Waals surface area contributed by atoms with E-state index in [0.717, 1.165) is 18.5 Å². The molecule has 1 aromatic rings. The van der Waals surface area contributed by atoms with E-state index in [1.165, 1.54) is 5.56 Å². The quantitative estimate of drug-likeness (QED) is 0.561. The topological polar surface area (TPSA) is 18.5 Å². The molecule has 1 aliphatic rings. The maximum absolute atomic E-state index is 6.02. The summed E-state index contributed by atoms with van der Waals surface area (Å²) in [4.78, 5) is 0. The molecule has 0 aliphatic carbocycles. The minimum atomic E-state index is -0.216. The fourth-order valence-electron chi connectivity index (χ4n) is 1.93. The van der Waals surface area contributed by atoms with Gasteiger partial charge in [-0.15, -0.1) is 0 Å². The summed E-state index contributed by atoms with van der Waals surface area (Å²) in [7, 11) is 6.21. The van der Waals surface area contributed by atoms with Crippen LogP contribution < -0.4 is 5.46 Å². The molecule has 0 radical (unpaired) electrons. The lowest BCUT2D eigenvalue weighted by Crippen LogP contribution is -2.55. The molecule has 1 saturated heterocycles. The van der Waals surface area contributed by atoms with E-state index < -0.39 is 0 Å². The molecule has 0 bridgehead atoms. The van der Waals surface area contributed by atoms with Crippen molar-refractivity contribution in [3.63, 3.8) is 0 Å². The maximum atomic E-state index is 6.02. The zero-order chi connectivity index (χ0) is 12.5. The Bertz CT molecular complexity index is 380. The monoisotopic (exact) mass is 226 g/mol. The average molecular weight is 226 g/mol. The minimum absolute atomic E-state index is 0.119. The second-order valence-electron chi connectivity index (χ2n) is 5.38. The Kier molecular flexibility index (Phi) is 3.74. The largest absolute Gasteiger partial charge is 0.492 e. The Labute approximate surface area is 107 Å². The Balaban J connectivity index is 2.12. The second-order valence-corrected chi connectivity index (χ2v) is 5.38. The Morgan fingerprint density at radius 3 is 2.53 bits per heavy atom. The average Bonchev–Trinajstić information content (AvgIpc) is 2.33. The molecule has 86 valence electrons. The van der Waals surface area contributed by atoms with Gasteiger partial charge in [0.05, 0.1) is 0 Å². The third-order valence-electron chi connectivity index (χ3n) is 3.76. The fraction of sp³-hybridized carbons (Fsp3) is 0.455. The summed E-state index contributed by atoms with van der Waals surface area (Å²) in [6.07, 6.45) is 1.06. The molecule has 0 aromatic heterocycles. The molecule has 2 rings (SSSR count). The summed E-state index contributed by atoms with van der Waals surface area (Å²) >= 11 is 0. The van der Waals surface area contributed by atoms with E-state index in [4.69, 9.17) is 9.31 Å². The third-order valence-corrected chi connectivity index (χ3v) is 3.76. The zero-order valence-electron chi connectivity index (χ0n) is 11.2. The minimum Gasteiger partial charge on any atom is -0.419 e. The van der Waals surface area contributed by atoms with Crippen molar-refractivity contribution in [3.05, 3.63) is 29.8 Å². The van der Waals surface area contributed by atoms with Gasteiger partial charge in [-0.05, 0) is 28.7 Å². The highest BCUT2D eigenvalue weighted by atomic mass is 16.6. The highest BCUT2D eigenvalue weighted by Crippen LogP contribution is 2.24. The molecule has 0 N–H and O–H groups in total. The molecule has 1 aliphatic heterocycles. The Morgan fingerprint density at radius 1 is 1.35 bits per heavy atom. The van der Waals surface area contributed by atoms with Crippen molar-refractivity contribution >= 4 is 36.1 Å². The summed E-state index contributed by atoms with van der Waals surface area (Å²) in [5.74, 6) is 0.425. The number of hydrogen-bond donors (Lipinski definition) is 0. The first-order valence-corrected chi connectivity index (χ1v) is 6.41. The van der Waals surface area contributed by atoms with Gasteiger partial charge in [0, 0.05) is 6.61 Å². The summed E-state index contributed by atoms with van der Waals surface area (Å²) in [6, 6.07) is 8.51. The van der Waals surface area contributed by atoms with E-state index in [9.17, 15) is 0 Å². The molecule has 1 aromatic carbocycles. The fourth-order valence-corrected chi connectivity index (χ4v) is 1.93. The first-order chi connectivity index (χ1) is 8.03. The van der Waals surface area contributed by atoms with Crippen LogP contribution in [0.5, 0.6) is 0 Å². The van der Waals surface area contributed by atoms with Crippen LogP contribution in [-0.4, -0.2) is 42.7 Å². The summed E-state index contributed by atoms with van der Waals surface area (Å²) in [5, 5.41) is -0.119. The SMILES string of the molecule is BC1COB(c2ccc(CC)cc2)OC1(B)B. The zero-order valence-corrected chi connectivity index (χ0v) is 11.2. The van der Waals surface area contributed by atoms with Crippen LogP contribution in [0, 0.1) is 0 Å². The van der Waals surface area contributed by atoms with Gasteiger partial charge in [-0.25, -0.2) is 0 Å². The van der Waals surface area contributed by atoms with Crippen LogP contribution in [0.1, 0.15) is 12.5 Å². The van der Waals surface area contributed by atoms with Crippen LogP contribution in [0.25, 0.3) is 0 Å². The molecule has 1 fully saturated rings. The lowest BCUT2D eigenvalue weighted by molar-refractivity contribution is 0.0965. The van der Waals surface area contributed by atoms with Crippen LogP contribution in [0.15, 0.2) is 24.3 Å². The van der Waals surface area contributed by atoms with E-state index >= 15 is 0 Å². The van der Waals surface area contributed by atoms with Crippen molar-refractivity contribution in [3.8, 4) is 0 Å². The molecule has 0 amide bonds. The highest BCUT2D eigenvalue weighted by molar-refractivity contribution is 6.63. The molecule has 1 atom stereocenters. The maximum Gasteiger partial charge on any atom is 0.492 e. The highest BCUT2D eigenvalue weighted by Gasteiger charge is 2.38. The second kappa shape index (κ2) is 4.95. The van der Waals surface area contributed by atoms with Gasteiger partial charge in [-0.3, -0.25) is 0 Å². The predicted octanol–water partition coefficient (Wildman–Crippen LogP) is -1.67. The van der Waals surface area contributed by atoms with Gasteiger partial charge < -0.3 is 9.31 Å². The van der Waals surface area contributed by atoms with Crippen LogP contribution in [0.2, 0.25) is 5.82 Å². The number of benzene rings is 1. The number of aryl methyl sites for hydroxylation is 1. The molecule has 6 heteroatoms. The molecule has 1 heterocycles. The predicted molar refractivity (Wildman–Crippen MR) is 80.4 cm³/mol. The smallest absolute Gasteiger partial charge is 0.419 e. The first kappa shape index (κ1) is 12.8. The van der Waals surface area contributed by atoms with E-state index in [-0.39, 0.29) is 12.5 Å². The summed E-state index contributed by atoms with van der Waals surface area (Å²) in [5.41, 5.74) is 2.46. The van der Waals surface area contributed by atoms with E-state index in [1.807, 2.05) is 0 Å². The van der Waals surface area contributed by atoms with Crippen LogP contribution in [0.3, 0.4) is 0 Å². The van der Waals surface area contributed by atoms with Gasteiger partial charge in [0.2, 0.25) is 0 Å². The van der Waals surface area contributed by atoms with E-state index in [1.54, 1.807) is 0 Å². The molecule has 0 spiro atoms. The van der Waals surface area contributed by atoms with Crippen molar-refractivity contribution < 1.29 is 9.31 Å². The lowest BCUT2D eigenvalue weighted by atomic mass is 9.50. The number of hydrogen-bond acceptors (Lipinski definition) is 2. The molecule has 17 heavy (non-hydrogen) atoms.